The average molecular weight is 315 g/mol. The van der Waals surface area contributed by atoms with Gasteiger partial charge in [-0.25, -0.2) is 9.98 Å². The molecule has 2 heterocycles. The molecule has 2 aromatic carbocycles. The maximum Gasteiger partial charge on any atom is 0.237 e. The quantitative estimate of drug-likeness (QED) is 0.769. The molecular formula is C19H17N5. The van der Waals surface area contributed by atoms with E-state index >= 15 is 0 Å². The molecule has 0 spiro atoms. The van der Waals surface area contributed by atoms with E-state index in [0.29, 0.717) is 11.8 Å². The fourth-order valence-corrected chi connectivity index (χ4v) is 2.51. The van der Waals surface area contributed by atoms with Gasteiger partial charge >= 0.3 is 0 Å². The van der Waals surface area contributed by atoms with Gasteiger partial charge in [0.15, 0.2) is 11.7 Å². The van der Waals surface area contributed by atoms with Crippen LogP contribution < -0.4 is 5.32 Å². The minimum atomic E-state index is 0.635. The Morgan fingerprint density at radius 2 is 1.58 bits per heavy atom. The summed E-state index contributed by atoms with van der Waals surface area (Å²) < 4.78 is 1.89. The summed E-state index contributed by atoms with van der Waals surface area (Å²) in [6, 6.07) is 16.3. The van der Waals surface area contributed by atoms with Gasteiger partial charge in [-0.3, -0.25) is 4.57 Å². The van der Waals surface area contributed by atoms with Crippen LogP contribution in [0.15, 0.2) is 70.9 Å². The van der Waals surface area contributed by atoms with E-state index in [0.717, 1.165) is 17.2 Å². The van der Waals surface area contributed by atoms with Gasteiger partial charge in [-0.1, -0.05) is 35.4 Å². The second-order valence-corrected chi connectivity index (χ2v) is 5.82. The zero-order chi connectivity index (χ0) is 16.5. The van der Waals surface area contributed by atoms with Crippen LogP contribution in [0.2, 0.25) is 0 Å². The monoisotopic (exact) mass is 315 g/mol. The van der Waals surface area contributed by atoms with E-state index < -0.39 is 0 Å². The predicted molar refractivity (Wildman–Crippen MR) is 97.8 cm³/mol. The Morgan fingerprint density at radius 3 is 2.29 bits per heavy atom. The van der Waals surface area contributed by atoms with Gasteiger partial charge in [0.25, 0.3) is 0 Å². The van der Waals surface area contributed by atoms with Crippen molar-refractivity contribution in [3.8, 4) is 0 Å². The molecule has 0 saturated heterocycles. The first-order valence-corrected chi connectivity index (χ1v) is 7.81. The number of fused-ring (bicyclic) bond motifs is 1. The molecule has 5 nitrogen and oxygen atoms in total. The molecule has 0 fully saturated rings. The van der Waals surface area contributed by atoms with Crippen LogP contribution in [-0.4, -0.2) is 21.2 Å². The molecule has 0 radical (unpaired) electrons. The van der Waals surface area contributed by atoms with Gasteiger partial charge in [0.2, 0.25) is 5.95 Å². The number of nitrogens with one attached hydrogen (secondary N) is 1. The summed E-state index contributed by atoms with van der Waals surface area (Å²) in [5.41, 5.74) is 4.29. The molecule has 0 atom stereocenters. The Labute approximate surface area is 140 Å². The molecule has 5 heteroatoms. The van der Waals surface area contributed by atoms with E-state index in [4.69, 9.17) is 4.99 Å². The largest absolute Gasteiger partial charge is 0.337 e. The van der Waals surface area contributed by atoms with E-state index in [1.807, 2.05) is 47.2 Å². The summed E-state index contributed by atoms with van der Waals surface area (Å²) in [7, 11) is 0. The second kappa shape index (κ2) is 5.77. The van der Waals surface area contributed by atoms with Crippen LogP contribution in [0.5, 0.6) is 0 Å². The fraction of sp³-hybridized carbons (Fsp3) is 0.105. The van der Waals surface area contributed by atoms with E-state index in [9.17, 15) is 0 Å². The third-order valence-electron chi connectivity index (χ3n) is 3.86. The fourth-order valence-electron chi connectivity index (χ4n) is 2.51. The number of imidazole rings is 1. The van der Waals surface area contributed by atoms with Crippen molar-refractivity contribution in [3.05, 3.63) is 72.1 Å². The van der Waals surface area contributed by atoms with Crippen LogP contribution in [0.1, 0.15) is 11.1 Å². The van der Waals surface area contributed by atoms with Crippen molar-refractivity contribution in [2.75, 3.05) is 5.32 Å². The second-order valence-electron chi connectivity index (χ2n) is 5.82. The number of anilines is 1. The van der Waals surface area contributed by atoms with Crippen LogP contribution in [0, 0.1) is 13.8 Å². The van der Waals surface area contributed by atoms with Gasteiger partial charge < -0.3 is 5.32 Å². The van der Waals surface area contributed by atoms with Crippen molar-refractivity contribution >= 4 is 29.0 Å². The van der Waals surface area contributed by atoms with E-state index in [-0.39, 0.29) is 0 Å². The molecule has 1 N–H and O–H groups in total. The third-order valence-corrected chi connectivity index (χ3v) is 3.86. The van der Waals surface area contributed by atoms with Crippen LogP contribution in [-0.2, 0) is 0 Å². The molecule has 1 aliphatic heterocycles. The Morgan fingerprint density at radius 1 is 0.917 bits per heavy atom. The highest BCUT2D eigenvalue weighted by Crippen LogP contribution is 2.22. The Bertz CT molecular complexity index is 931. The molecule has 1 aromatic heterocycles. The molecule has 0 saturated carbocycles. The summed E-state index contributed by atoms with van der Waals surface area (Å²) in [6.45, 7) is 4.13. The molecule has 118 valence electrons. The number of aliphatic imine (C=N–C) groups is 2. The van der Waals surface area contributed by atoms with Crippen molar-refractivity contribution in [2.24, 2.45) is 9.98 Å². The Hall–Kier alpha value is -3.21. The van der Waals surface area contributed by atoms with Crippen molar-refractivity contribution in [1.29, 1.82) is 0 Å². The van der Waals surface area contributed by atoms with Crippen molar-refractivity contribution in [3.63, 3.8) is 0 Å². The molecule has 3 aromatic rings. The number of hydrogen-bond donors (Lipinski definition) is 1. The van der Waals surface area contributed by atoms with Crippen LogP contribution in [0.3, 0.4) is 0 Å². The maximum absolute atomic E-state index is 4.75. The maximum atomic E-state index is 4.75. The van der Waals surface area contributed by atoms with E-state index in [2.05, 4.69) is 41.3 Å². The Balaban J connectivity index is 1.71. The Kier molecular flexibility index (Phi) is 3.46. The zero-order valence-electron chi connectivity index (χ0n) is 13.6. The summed E-state index contributed by atoms with van der Waals surface area (Å²) in [5, 5.41) is 3.34. The number of benzene rings is 2. The molecule has 1 aliphatic rings. The molecule has 0 bridgehead atoms. The van der Waals surface area contributed by atoms with Gasteiger partial charge in [0, 0.05) is 18.1 Å². The number of nitrogens with zero attached hydrogens (tertiary/aromatic N) is 4. The lowest BCUT2D eigenvalue weighted by Crippen LogP contribution is -2.24. The minimum absolute atomic E-state index is 0.635. The van der Waals surface area contributed by atoms with Crippen LogP contribution in [0.4, 0.5) is 17.3 Å². The number of aromatic nitrogens is 2. The van der Waals surface area contributed by atoms with Crippen molar-refractivity contribution in [2.45, 2.75) is 13.8 Å². The number of aryl methyl sites for hydroxylation is 2. The zero-order valence-corrected chi connectivity index (χ0v) is 13.6. The summed E-state index contributed by atoms with van der Waals surface area (Å²) in [4.78, 5) is 13.6. The van der Waals surface area contributed by atoms with Gasteiger partial charge in [0.1, 0.15) is 0 Å². The first-order chi connectivity index (χ1) is 11.7. The number of amidine groups is 1. The lowest BCUT2D eigenvalue weighted by atomic mass is 10.2. The van der Waals surface area contributed by atoms with Crippen molar-refractivity contribution in [1.82, 2.24) is 9.55 Å². The molecule has 0 unspecified atom stereocenters. The lowest BCUT2D eigenvalue weighted by molar-refractivity contribution is 1.15. The highest BCUT2D eigenvalue weighted by Gasteiger charge is 2.23. The highest BCUT2D eigenvalue weighted by molar-refractivity contribution is 6.48. The smallest absolute Gasteiger partial charge is 0.237 e. The lowest BCUT2D eigenvalue weighted by Gasteiger charge is -2.08. The first kappa shape index (κ1) is 14.4. The normalized spacial score (nSPS) is 14.6. The SMILES string of the molecule is Cc1ccc(N=C2C(Nc3ccc(C)cc3)=Nc3nccn32)cc1. The number of rotatable bonds is 2. The van der Waals surface area contributed by atoms with Crippen molar-refractivity contribution < 1.29 is 0 Å². The summed E-state index contributed by atoms with van der Waals surface area (Å²) in [5.74, 6) is 2.07. The standard InChI is InChI=1S/C19H17N5/c1-13-3-7-15(8-4-13)21-17-18(24-12-11-20-19(24)23-17)22-16-9-5-14(2)6-10-16/h3-12H,1-2H3,(H,20,21,23). The summed E-state index contributed by atoms with van der Waals surface area (Å²) >= 11 is 0. The molecule has 0 aliphatic carbocycles. The summed E-state index contributed by atoms with van der Waals surface area (Å²) in [6.07, 6.45) is 3.60. The first-order valence-electron chi connectivity index (χ1n) is 7.81. The van der Waals surface area contributed by atoms with Crippen LogP contribution in [0.25, 0.3) is 0 Å². The van der Waals surface area contributed by atoms with Gasteiger partial charge in [-0.05, 0) is 38.1 Å². The average Bonchev–Trinajstić information content (AvgIpc) is 3.15. The molecule has 0 amide bonds. The predicted octanol–water partition coefficient (Wildman–Crippen LogP) is 4.23. The van der Waals surface area contributed by atoms with E-state index in [1.54, 1.807) is 6.20 Å². The highest BCUT2D eigenvalue weighted by atomic mass is 15.3. The molecular weight excluding hydrogens is 298 g/mol. The number of hydrogen-bond acceptors (Lipinski definition) is 4. The minimum Gasteiger partial charge on any atom is -0.337 e. The molecule has 4 rings (SSSR count). The van der Waals surface area contributed by atoms with Gasteiger partial charge in [-0.2, -0.15) is 4.99 Å². The van der Waals surface area contributed by atoms with Gasteiger partial charge in [-0.15, -0.1) is 0 Å². The topological polar surface area (TPSA) is 54.6 Å². The van der Waals surface area contributed by atoms with Gasteiger partial charge in [0.05, 0.1) is 5.69 Å². The third kappa shape index (κ3) is 2.72. The molecule has 24 heavy (non-hydrogen) atoms. The van der Waals surface area contributed by atoms with E-state index in [1.165, 1.54) is 11.1 Å². The van der Waals surface area contributed by atoms with Crippen LogP contribution >= 0.6 is 0 Å².